The highest BCUT2D eigenvalue weighted by Gasteiger charge is 2.14. The molecule has 0 atom stereocenters. The molecule has 0 unspecified atom stereocenters. The van der Waals surface area contributed by atoms with Gasteiger partial charge in [0, 0.05) is 32.4 Å². The van der Waals surface area contributed by atoms with Crippen molar-refractivity contribution in [3.05, 3.63) is 18.6 Å². The first-order valence-corrected chi connectivity index (χ1v) is 5.19. The first-order chi connectivity index (χ1) is 7.45. The molecule has 0 amide bonds. The summed E-state index contributed by atoms with van der Waals surface area (Å²) in [7, 11) is 0. The molecule has 1 aliphatic heterocycles. The number of halogens is 1. The van der Waals surface area contributed by atoms with Crippen molar-refractivity contribution >= 4 is 29.3 Å². The van der Waals surface area contributed by atoms with Gasteiger partial charge in [0.2, 0.25) is 0 Å². The van der Waals surface area contributed by atoms with Gasteiger partial charge in [-0.3, -0.25) is 0 Å². The molecule has 0 aliphatic carbocycles. The predicted octanol–water partition coefficient (Wildman–Crippen LogP) is 0.789. The van der Waals surface area contributed by atoms with E-state index in [0.29, 0.717) is 0 Å². The molecular weight excluding hydrogens is 226 g/mol. The number of H-pyrrole nitrogens is 1. The number of nitrogens with one attached hydrogen (secondary N) is 2. The molecule has 1 saturated heterocycles. The van der Waals surface area contributed by atoms with Gasteiger partial charge in [-0.2, -0.15) is 0 Å². The van der Waals surface area contributed by atoms with Gasteiger partial charge in [0.15, 0.2) is 5.82 Å². The zero-order valence-corrected chi connectivity index (χ0v) is 9.63. The minimum Gasteiger partial charge on any atom is -0.357 e. The Kier molecular flexibility index (Phi) is 3.26. The number of piperazine rings is 1. The first kappa shape index (κ1) is 11.2. The Bertz CT molecular complexity index is 463. The molecule has 86 valence electrons. The number of hydrogen-bond acceptors (Lipinski definition) is 4. The van der Waals surface area contributed by atoms with E-state index in [2.05, 4.69) is 25.2 Å². The molecule has 0 saturated carbocycles. The Balaban J connectivity index is 0.000000963. The van der Waals surface area contributed by atoms with E-state index >= 15 is 0 Å². The Labute approximate surface area is 99.7 Å². The number of hydrogen-bond donors (Lipinski definition) is 2. The molecule has 2 N–H and O–H groups in total. The van der Waals surface area contributed by atoms with Gasteiger partial charge >= 0.3 is 0 Å². The Morgan fingerprint density at radius 2 is 2.00 bits per heavy atom. The minimum absolute atomic E-state index is 0. The quantitative estimate of drug-likeness (QED) is 0.773. The van der Waals surface area contributed by atoms with Crippen LogP contribution >= 0.6 is 12.4 Å². The van der Waals surface area contributed by atoms with Crippen LogP contribution in [0.25, 0.3) is 11.0 Å². The van der Waals surface area contributed by atoms with Crippen LogP contribution in [0, 0.1) is 0 Å². The van der Waals surface area contributed by atoms with Gasteiger partial charge in [0.05, 0.1) is 5.52 Å². The van der Waals surface area contributed by atoms with Crippen molar-refractivity contribution in [1.29, 1.82) is 0 Å². The summed E-state index contributed by atoms with van der Waals surface area (Å²) in [6, 6.07) is 1.97. The summed E-state index contributed by atoms with van der Waals surface area (Å²) in [6.45, 7) is 4.05. The highest BCUT2D eigenvalue weighted by atomic mass is 35.5. The Hall–Kier alpha value is -1.33. The lowest BCUT2D eigenvalue weighted by atomic mass is 10.3. The van der Waals surface area contributed by atoms with Crippen molar-refractivity contribution in [3.63, 3.8) is 0 Å². The number of aromatic amines is 1. The van der Waals surface area contributed by atoms with Crippen LogP contribution in [0.2, 0.25) is 0 Å². The largest absolute Gasteiger partial charge is 0.357 e. The minimum atomic E-state index is 0. The van der Waals surface area contributed by atoms with Gasteiger partial charge in [-0.05, 0) is 6.07 Å². The SMILES string of the molecule is Cl.c1nc(N2CCNCC2)c2[nH]ccc2n1. The van der Waals surface area contributed by atoms with E-state index in [0.717, 1.165) is 43.0 Å². The maximum absolute atomic E-state index is 4.36. The maximum atomic E-state index is 4.36. The van der Waals surface area contributed by atoms with Crippen LogP contribution in [0.4, 0.5) is 5.82 Å². The smallest absolute Gasteiger partial charge is 0.156 e. The molecule has 6 heteroatoms. The molecule has 2 aromatic rings. The standard InChI is InChI=1S/C10H13N5.ClH/c1-2-12-9-8(1)13-7-14-10(9)15-5-3-11-4-6-15;/h1-2,7,11-12H,3-6H2;1H. The van der Waals surface area contributed by atoms with Gasteiger partial charge in [-0.25, -0.2) is 9.97 Å². The third kappa shape index (κ3) is 1.83. The summed E-state index contributed by atoms with van der Waals surface area (Å²) < 4.78 is 0. The first-order valence-electron chi connectivity index (χ1n) is 5.19. The van der Waals surface area contributed by atoms with Crippen LogP contribution in [0.1, 0.15) is 0 Å². The Morgan fingerprint density at radius 3 is 2.81 bits per heavy atom. The monoisotopic (exact) mass is 239 g/mol. The molecule has 0 spiro atoms. The van der Waals surface area contributed by atoms with Crippen molar-refractivity contribution in [2.24, 2.45) is 0 Å². The van der Waals surface area contributed by atoms with Crippen molar-refractivity contribution < 1.29 is 0 Å². The summed E-state index contributed by atoms with van der Waals surface area (Å²) in [6.07, 6.45) is 3.54. The second kappa shape index (κ2) is 4.67. The van der Waals surface area contributed by atoms with E-state index < -0.39 is 0 Å². The third-order valence-corrected chi connectivity index (χ3v) is 2.74. The van der Waals surface area contributed by atoms with E-state index in [4.69, 9.17) is 0 Å². The summed E-state index contributed by atoms with van der Waals surface area (Å²) >= 11 is 0. The van der Waals surface area contributed by atoms with E-state index in [9.17, 15) is 0 Å². The van der Waals surface area contributed by atoms with Crippen LogP contribution in [0.3, 0.4) is 0 Å². The summed E-state index contributed by atoms with van der Waals surface area (Å²) in [4.78, 5) is 14.1. The van der Waals surface area contributed by atoms with Crippen molar-refractivity contribution in [1.82, 2.24) is 20.3 Å². The average Bonchev–Trinajstić information content (AvgIpc) is 2.78. The lowest BCUT2D eigenvalue weighted by molar-refractivity contribution is 0.586. The van der Waals surface area contributed by atoms with E-state index in [1.807, 2.05) is 12.3 Å². The van der Waals surface area contributed by atoms with Gasteiger partial charge in [-0.1, -0.05) is 0 Å². The molecule has 0 bridgehead atoms. The lowest BCUT2D eigenvalue weighted by Gasteiger charge is -2.28. The summed E-state index contributed by atoms with van der Waals surface area (Å²) in [5, 5.41) is 3.33. The average molecular weight is 240 g/mol. The second-order valence-corrected chi connectivity index (χ2v) is 3.67. The molecule has 1 fully saturated rings. The maximum Gasteiger partial charge on any atom is 0.156 e. The van der Waals surface area contributed by atoms with Crippen LogP contribution in [-0.2, 0) is 0 Å². The van der Waals surface area contributed by atoms with Crippen molar-refractivity contribution in [3.8, 4) is 0 Å². The zero-order valence-electron chi connectivity index (χ0n) is 8.81. The highest BCUT2D eigenvalue weighted by molar-refractivity contribution is 5.86. The number of anilines is 1. The van der Waals surface area contributed by atoms with Gasteiger partial charge in [0.25, 0.3) is 0 Å². The number of nitrogens with zero attached hydrogens (tertiary/aromatic N) is 3. The lowest BCUT2D eigenvalue weighted by Crippen LogP contribution is -2.44. The predicted molar refractivity (Wildman–Crippen MR) is 66.2 cm³/mol. The molecule has 0 aromatic carbocycles. The fraction of sp³-hybridized carbons (Fsp3) is 0.400. The third-order valence-electron chi connectivity index (χ3n) is 2.74. The molecule has 16 heavy (non-hydrogen) atoms. The number of rotatable bonds is 1. The number of aromatic nitrogens is 3. The van der Waals surface area contributed by atoms with Crippen LogP contribution < -0.4 is 10.2 Å². The Morgan fingerprint density at radius 1 is 1.19 bits per heavy atom. The number of fused-ring (bicyclic) bond motifs is 1. The van der Waals surface area contributed by atoms with E-state index in [1.165, 1.54) is 0 Å². The topological polar surface area (TPSA) is 56.8 Å². The van der Waals surface area contributed by atoms with Gasteiger partial charge in [-0.15, -0.1) is 12.4 Å². The zero-order chi connectivity index (χ0) is 10.1. The van der Waals surface area contributed by atoms with E-state index in [-0.39, 0.29) is 12.4 Å². The van der Waals surface area contributed by atoms with Crippen LogP contribution in [0.5, 0.6) is 0 Å². The van der Waals surface area contributed by atoms with Gasteiger partial charge in [0.1, 0.15) is 11.8 Å². The molecular formula is C10H14ClN5. The molecule has 5 nitrogen and oxygen atoms in total. The van der Waals surface area contributed by atoms with Gasteiger partial charge < -0.3 is 15.2 Å². The molecule has 3 rings (SSSR count). The van der Waals surface area contributed by atoms with Crippen LogP contribution in [-0.4, -0.2) is 41.1 Å². The molecule has 2 aromatic heterocycles. The summed E-state index contributed by atoms with van der Waals surface area (Å²) in [5.41, 5.74) is 2.03. The molecule has 3 heterocycles. The fourth-order valence-electron chi connectivity index (χ4n) is 1.97. The highest BCUT2D eigenvalue weighted by Crippen LogP contribution is 2.20. The fourth-order valence-corrected chi connectivity index (χ4v) is 1.97. The summed E-state index contributed by atoms with van der Waals surface area (Å²) in [5.74, 6) is 1.02. The van der Waals surface area contributed by atoms with Crippen molar-refractivity contribution in [2.45, 2.75) is 0 Å². The second-order valence-electron chi connectivity index (χ2n) is 3.67. The van der Waals surface area contributed by atoms with Crippen molar-refractivity contribution in [2.75, 3.05) is 31.1 Å². The normalized spacial score (nSPS) is 16.1. The van der Waals surface area contributed by atoms with E-state index in [1.54, 1.807) is 6.33 Å². The molecule has 0 radical (unpaired) electrons. The molecule has 1 aliphatic rings. The van der Waals surface area contributed by atoms with Crippen LogP contribution in [0.15, 0.2) is 18.6 Å².